The molecule has 8 heteroatoms. The molecule has 122 valence electrons. The molecule has 1 aromatic rings. The topological polar surface area (TPSA) is 53.6 Å². The van der Waals surface area contributed by atoms with Crippen molar-refractivity contribution in [1.29, 1.82) is 0 Å². The third-order valence-corrected chi connectivity index (χ3v) is 3.19. The number of carbonyl (C=O) groups is 1. The number of ether oxygens (including phenoxy) is 1. The van der Waals surface area contributed by atoms with E-state index in [1.807, 2.05) is 4.90 Å². The third kappa shape index (κ3) is 5.53. The first kappa shape index (κ1) is 16.6. The van der Waals surface area contributed by atoms with Gasteiger partial charge in [0.25, 0.3) is 0 Å². The molecule has 5 nitrogen and oxygen atoms in total. The van der Waals surface area contributed by atoms with Gasteiger partial charge in [0.15, 0.2) is 5.75 Å². The largest absolute Gasteiger partial charge is 0.573 e. The van der Waals surface area contributed by atoms with Crippen LogP contribution in [0, 0.1) is 0 Å². The Bertz CT molecular complexity index is 500. The summed E-state index contributed by atoms with van der Waals surface area (Å²) in [6.07, 6.45) is -3.86. The zero-order chi connectivity index (χ0) is 16.0. The van der Waals surface area contributed by atoms with Gasteiger partial charge in [-0.1, -0.05) is 12.1 Å². The maximum atomic E-state index is 12.3. The van der Waals surface area contributed by atoms with Crippen LogP contribution in [0.3, 0.4) is 0 Å². The van der Waals surface area contributed by atoms with Gasteiger partial charge in [0.1, 0.15) is 0 Å². The molecule has 2 rings (SSSR count). The van der Waals surface area contributed by atoms with E-state index in [2.05, 4.69) is 15.4 Å². The maximum absolute atomic E-state index is 12.3. The van der Waals surface area contributed by atoms with Crippen molar-refractivity contribution in [1.82, 2.24) is 10.2 Å². The van der Waals surface area contributed by atoms with E-state index in [1.54, 1.807) is 0 Å². The van der Waals surface area contributed by atoms with Gasteiger partial charge in [-0.25, -0.2) is 0 Å². The summed E-state index contributed by atoms with van der Waals surface area (Å²) in [5.74, 6) is -0.777. The fourth-order valence-electron chi connectivity index (χ4n) is 2.24. The number of nitrogens with zero attached hydrogens (tertiary/aromatic N) is 1. The van der Waals surface area contributed by atoms with E-state index in [0.29, 0.717) is 0 Å². The van der Waals surface area contributed by atoms with Crippen LogP contribution < -0.4 is 15.4 Å². The monoisotopic (exact) mass is 317 g/mol. The van der Waals surface area contributed by atoms with Crippen LogP contribution in [0.25, 0.3) is 0 Å². The molecule has 1 aliphatic heterocycles. The molecular weight excluding hydrogens is 299 g/mol. The van der Waals surface area contributed by atoms with Crippen molar-refractivity contribution in [3.63, 3.8) is 0 Å². The number of anilines is 1. The van der Waals surface area contributed by atoms with Gasteiger partial charge in [-0.05, 0) is 31.6 Å². The standard InChI is InChI=1S/C14H18F3N3O2/c15-14(16,17)22-12-5-2-1-4-11(12)19-13(21)10-20-8-3-6-18-7-9-20/h1-2,4-5,18H,3,6-10H2,(H,19,21). The average Bonchev–Trinajstić information content (AvgIpc) is 2.68. The SMILES string of the molecule is O=C(CN1CCCNCC1)Nc1ccccc1OC(F)(F)F. The number of rotatable bonds is 4. The Morgan fingerprint density at radius 3 is 2.82 bits per heavy atom. The Hall–Kier alpha value is -1.80. The van der Waals surface area contributed by atoms with E-state index in [1.165, 1.54) is 24.3 Å². The molecule has 0 saturated carbocycles. The van der Waals surface area contributed by atoms with Gasteiger partial charge >= 0.3 is 6.36 Å². The van der Waals surface area contributed by atoms with Crippen molar-refractivity contribution in [2.24, 2.45) is 0 Å². The maximum Gasteiger partial charge on any atom is 0.573 e. The van der Waals surface area contributed by atoms with Crippen LogP contribution in [0.5, 0.6) is 5.75 Å². The van der Waals surface area contributed by atoms with Crippen LogP contribution in [-0.4, -0.2) is 49.9 Å². The number of benzene rings is 1. The number of amides is 1. The van der Waals surface area contributed by atoms with Crippen LogP contribution in [0.15, 0.2) is 24.3 Å². The van der Waals surface area contributed by atoms with Gasteiger partial charge in [0, 0.05) is 13.1 Å². The molecule has 1 aromatic carbocycles. The second-order valence-corrected chi connectivity index (χ2v) is 4.97. The normalized spacial score (nSPS) is 16.9. The van der Waals surface area contributed by atoms with Crippen LogP contribution in [0.2, 0.25) is 0 Å². The molecule has 0 bridgehead atoms. The second kappa shape index (κ2) is 7.46. The predicted octanol–water partition coefficient (Wildman–Crippen LogP) is 1.82. The van der Waals surface area contributed by atoms with Crippen molar-refractivity contribution in [3.05, 3.63) is 24.3 Å². The highest BCUT2D eigenvalue weighted by Crippen LogP contribution is 2.29. The lowest BCUT2D eigenvalue weighted by Crippen LogP contribution is -2.35. The number of nitrogens with one attached hydrogen (secondary N) is 2. The molecule has 0 atom stereocenters. The van der Waals surface area contributed by atoms with Crippen LogP contribution >= 0.6 is 0 Å². The number of halogens is 3. The van der Waals surface area contributed by atoms with Crippen LogP contribution in [0.4, 0.5) is 18.9 Å². The minimum atomic E-state index is -4.79. The summed E-state index contributed by atoms with van der Waals surface area (Å²) in [4.78, 5) is 14.0. The lowest BCUT2D eigenvalue weighted by atomic mass is 10.3. The average molecular weight is 317 g/mol. The smallest absolute Gasteiger partial charge is 0.404 e. The molecule has 22 heavy (non-hydrogen) atoms. The van der Waals surface area contributed by atoms with Crippen LogP contribution in [-0.2, 0) is 4.79 Å². The van der Waals surface area contributed by atoms with Gasteiger partial charge in [0.05, 0.1) is 12.2 Å². The zero-order valence-corrected chi connectivity index (χ0v) is 11.9. The Morgan fingerprint density at radius 1 is 1.27 bits per heavy atom. The highest BCUT2D eigenvalue weighted by molar-refractivity contribution is 5.93. The molecule has 2 N–H and O–H groups in total. The summed E-state index contributed by atoms with van der Waals surface area (Å²) in [6, 6.07) is 5.49. The van der Waals surface area contributed by atoms with E-state index >= 15 is 0 Å². The molecule has 1 saturated heterocycles. The highest BCUT2D eigenvalue weighted by atomic mass is 19.4. The Balaban J connectivity index is 1.96. The summed E-state index contributed by atoms with van der Waals surface area (Å²) < 4.78 is 40.9. The lowest BCUT2D eigenvalue weighted by molar-refractivity contribution is -0.274. The van der Waals surface area contributed by atoms with E-state index < -0.39 is 12.1 Å². The van der Waals surface area contributed by atoms with Crippen molar-refractivity contribution in [3.8, 4) is 5.75 Å². The van der Waals surface area contributed by atoms with E-state index in [-0.39, 0.29) is 18.1 Å². The molecule has 0 spiro atoms. The summed E-state index contributed by atoms with van der Waals surface area (Å²) in [5, 5.41) is 5.69. The van der Waals surface area contributed by atoms with Gasteiger partial charge < -0.3 is 15.4 Å². The second-order valence-electron chi connectivity index (χ2n) is 4.97. The molecular formula is C14H18F3N3O2. The van der Waals surface area contributed by atoms with Crippen LogP contribution in [0.1, 0.15) is 6.42 Å². The molecule has 0 aliphatic carbocycles. The molecule has 0 aromatic heterocycles. The lowest BCUT2D eigenvalue weighted by Gasteiger charge is -2.19. The molecule has 1 heterocycles. The first-order chi connectivity index (χ1) is 10.4. The van der Waals surface area contributed by atoms with Gasteiger partial charge in [-0.15, -0.1) is 13.2 Å². The number of hydrogen-bond donors (Lipinski definition) is 2. The minimum Gasteiger partial charge on any atom is -0.404 e. The summed E-state index contributed by atoms with van der Waals surface area (Å²) >= 11 is 0. The van der Waals surface area contributed by atoms with E-state index in [0.717, 1.165) is 32.6 Å². The molecule has 0 unspecified atom stereocenters. The first-order valence-electron chi connectivity index (χ1n) is 7.02. The molecule has 1 amide bonds. The first-order valence-corrected chi connectivity index (χ1v) is 7.02. The summed E-state index contributed by atoms with van der Waals surface area (Å²) in [6.45, 7) is 3.35. The number of hydrogen-bond acceptors (Lipinski definition) is 4. The number of para-hydroxylation sites is 2. The predicted molar refractivity (Wildman–Crippen MR) is 75.7 cm³/mol. The fraction of sp³-hybridized carbons (Fsp3) is 0.500. The quantitative estimate of drug-likeness (QED) is 0.889. The summed E-state index contributed by atoms with van der Waals surface area (Å²) in [5.41, 5.74) is 0.0118. The van der Waals surface area contributed by atoms with Gasteiger partial charge in [-0.2, -0.15) is 0 Å². The van der Waals surface area contributed by atoms with Crippen molar-refractivity contribution >= 4 is 11.6 Å². The minimum absolute atomic E-state index is 0.0118. The fourth-order valence-corrected chi connectivity index (χ4v) is 2.24. The Morgan fingerprint density at radius 2 is 2.05 bits per heavy atom. The van der Waals surface area contributed by atoms with Crippen molar-refractivity contribution < 1.29 is 22.7 Å². The number of alkyl halides is 3. The van der Waals surface area contributed by atoms with E-state index in [4.69, 9.17) is 0 Å². The molecule has 0 radical (unpaired) electrons. The van der Waals surface area contributed by atoms with Gasteiger partial charge in [-0.3, -0.25) is 9.69 Å². The summed E-state index contributed by atoms with van der Waals surface area (Å²) in [7, 11) is 0. The highest BCUT2D eigenvalue weighted by Gasteiger charge is 2.32. The zero-order valence-electron chi connectivity index (χ0n) is 11.9. The molecule has 1 aliphatic rings. The Kier molecular flexibility index (Phi) is 5.62. The van der Waals surface area contributed by atoms with Gasteiger partial charge in [0.2, 0.25) is 5.91 Å². The molecule has 1 fully saturated rings. The van der Waals surface area contributed by atoms with E-state index in [9.17, 15) is 18.0 Å². The Labute approximate surface area is 126 Å². The van der Waals surface area contributed by atoms with Crippen molar-refractivity contribution in [2.45, 2.75) is 12.8 Å². The third-order valence-electron chi connectivity index (χ3n) is 3.19. The number of carbonyl (C=O) groups excluding carboxylic acids is 1. The van der Waals surface area contributed by atoms with Crippen molar-refractivity contribution in [2.75, 3.05) is 38.0 Å².